The number of methoxy groups -OCH3 is 1. The summed E-state index contributed by atoms with van der Waals surface area (Å²) in [6.07, 6.45) is -4.67. The Kier molecular flexibility index (Phi) is 7.03. The SMILES string of the molecule is CCN(O)C(=O)c1cc(C#N)ccc1C1C(C(=O)OC)=C(C)N(c2cccc(C(F)(F)F)c2)c2n[nH]c(=O)n21. The zero-order valence-corrected chi connectivity index (χ0v) is 20.8. The van der Waals surface area contributed by atoms with Crippen LogP contribution in [-0.2, 0) is 15.7 Å². The third-order valence-corrected chi connectivity index (χ3v) is 6.22. The summed E-state index contributed by atoms with van der Waals surface area (Å²) in [4.78, 5) is 40.5. The molecule has 1 amide bonds. The van der Waals surface area contributed by atoms with Gasteiger partial charge >= 0.3 is 17.8 Å². The van der Waals surface area contributed by atoms with E-state index in [1.165, 1.54) is 49.1 Å². The maximum absolute atomic E-state index is 13.5. The molecule has 0 aliphatic carbocycles. The third kappa shape index (κ3) is 4.64. The van der Waals surface area contributed by atoms with Crippen molar-refractivity contribution in [3.8, 4) is 6.07 Å². The van der Waals surface area contributed by atoms with E-state index in [-0.39, 0.29) is 46.1 Å². The van der Waals surface area contributed by atoms with Gasteiger partial charge < -0.3 is 4.74 Å². The number of H-pyrrole nitrogens is 1. The number of anilines is 2. The molecule has 4 rings (SSSR count). The number of fused-ring (bicyclic) bond motifs is 1. The average molecular weight is 542 g/mol. The highest BCUT2D eigenvalue weighted by atomic mass is 19.4. The predicted octanol–water partition coefficient (Wildman–Crippen LogP) is 3.50. The van der Waals surface area contributed by atoms with Crippen molar-refractivity contribution in [2.75, 3.05) is 18.6 Å². The second-order valence-electron chi connectivity index (χ2n) is 8.41. The van der Waals surface area contributed by atoms with Crippen molar-refractivity contribution in [2.45, 2.75) is 26.1 Å². The van der Waals surface area contributed by atoms with Crippen LogP contribution < -0.4 is 10.6 Å². The molecular formula is C25H21F3N6O5. The second-order valence-corrected chi connectivity index (χ2v) is 8.41. The lowest BCUT2D eigenvalue weighted by Gasteiger charge is -2.36. The number of hydrogen-bond donors (Lipinski definition) is 2. The Hall–Kier alpha value is -4.90. The fourth-order valence-corrected chi connectivity index (χ4v) is 4.41. The van der Waals surface area contributed by atoms with Gasteiger partial charge in [0.15, 0.2) is 0 Å². The minimum atomic E-state index is -4.67. The maximum Gasteiger partial charge on any atom is 0.416 e. The Morgan fingerprint density at radius 2 is 1.97 bits per heavy atom. The number of esters is 1. The molecule has 39 heavy (non-hydrogen) atoms. The number of benzene rings is 2. The van der Waals surface area contributed by atoms with Gasteiger partial charge in [0.1, 0.15) is 6.04 Å². The van der Waals surface area contributed by atoms with Gasteiger partial charge in [0.25, 0.3) is 5.91 Å². The fraction of sp³-hybridized carbons (Fsp3) is 0.240. The van der Waals surface area contributed by atoms with E-state index in [1.807, 2.05) is 6.07 Å². The van der Waals surface area contributed by atoms with Crippen LogP contribution in [0.1, 0.15) is 46.9 Å². The molecule has 0 fully saturated rings. The summed E-state index contributed by atoms with van der Waals surface area (Å²) in [6.45, 7) is 2.82. The van der Waals surface area contributed by atoms with Crippen molar-refractivity contribution in [3.05, 3.63) is 86.5 Å². The highest BCUT2D eigenvalue weighted by molar-refractivity contribution is 5.98. The molecule has 0 saturated carbocycles. The minimum Gasteiger partial charge on any atom is -0.466 e. The number of rotatable bonds is 5. The average Bonchev–Trinajstić information content (AvgIpc) is 3.30. The van der Waals surface area contributed by atoms with Crippen LogP contribution in [0.2, 0.25) is 0 Å². The van der Waals surface area contributed by atoms with Crippen LogP contribution in [0.25, 0.3) is 0 Å². The smallest absolute Gasteiger partial charge is 0.416 e. The zero-order chi connectivity index (χ0) is 28.6. The molecule has 0 bridgehead atoms. The number of nitriles is 1. The molecule has 2 N–H and O–H groups in total. The highest BCUT2D eigenvalue weighted by Gasteiger charge is 2.41. The fourth-order valence-electron chi connectivity index (χ4n) is 4.41. The first kappa shape index (κ1) is 27.1. The molecule has 0 spiro atoms. The lowest BCUT2D eigenvalue weighted by molar-refractivity contribution is -0.138. The van der Waals surface area contributed by atoms with E-state index < -0.39 is 35.3 Å². The van der Waals surface area contributed by atoms with Crippen LogP contribution in [-0.4, -0.2) is 50.6 Å². The number of nitrogens with one attached hydrogen (secondary N) is 1. The molecule has 14 heteroatoms. The number of hydroxylamine groups is 2. The molecule has 2 aromatic carbocycles. The number of aromatic amines is 1. The van der Waals surface area contributed by atoms with Gasteiger partial charge in [-0.25, -0.2) is 24.3 Å². The zero-order valence-electron chi connectivity index (χ0n) is 20.8. The summed E-state index contributed by atoms with van der Waals surface area (Å²) in [5.41, 5.74) is -2.08. The van der Waals surface area contributed by atoms with Crippen molar-refractivity contribution >= 4 is 23.5 Å². The maximum atomic E-state index is 13.5. The van der Waals surface area contributed by atoms with Crippen LogP contribution >= 0.6 is 0 Å². The Labute approximate surface area is 218 Å². The Morgan fingerprint density at radius 3 is 2.59 bits per heavy atom. The summed E-state index contributed by atoms with van der Waals surface area (Å²) in [6, 6.07) is 8.65. The molecule has 2 heterocycles. The number of carbonyl (C=O) groups is 2. The van der Waals surface area contributed by atoms with E-state index in [4.69, 9.17) is 4.74 Å². The molecule has 0 radical (unpaired) electrons. The normalized spacial score (nSPS) is 15.0. The Morgan fingerprint density at radius 1 is 1.26 bits per heavy atom. The lowest BCUT2D eigenvalue weighted by Crippen LogP contribution is -2.39. The molecule has 202 valence electrons. The summed E-state index contributed by atoms with van der Waals surface area (Å²) in [5, 5.41) is 26.2. The van der Waals surface area contributed by atoms with E-state index in [0.717, 1.165) is 23.8 Å². The van der Waals surface area contributed by atoms with Crippen molar-refractivity contribution in [3.63, 3.8) is 0 Å². The summed E-state index contributed by atoms with van der Waals surface area (Å²) in [7, 11) is 1.08. The summed E-state index contributed by atoms with van der Waals surface area (Å²) in [5.74, 6) is -2.02. The second kappa shape index (κ2) is 10.1. The largest absolute Gasteiger partial charge is 0.466 e. The number of hydrogen-bond acceptors (Lipinski definition) is 8. The molecular weight excluding hydrogens is 521 g/mol. The molecule has 0 saturated heterocycles. The topological polar surface area (TPSA) is 145 Å². The van der Waals surface area contributed by atoms with Crippen molar-refractivity contribution < 1.29 is 32.7 Å². The quantitative estimate of drug-likeness (QED) is 0.283. The summed E-state index contributed by atoms with van der Waals surface area (Å²) < 4.78 is 46.4. The van der Waals surface area contributed by atoms with E-state index in [1.54, 1.807) is 0 Å². The van der Waals surface area contributed by atoms with Crippen LogP contribution in [0.15, 0.2) is 58.5 Å². The van der Waals surface area contributed by atoms with Crippen molar-refractivity contribution in [1.29, 1.82) is 5.26 Å². The Balaban J connectivity index is 2.06. The van der Waals surface area contributed by atoms with Gasteiger partial charge in [-0.3, -0.25) is 14.9 Å². The van der Waals surface area contributed by atoms with E-state index in [9.17, 15) is 38.0 Å². The van der Waals surface area contributed by atoms with Gasteiger partial charge in [-0.1, -0.05) is 12.1 Å². The standard InChI is InChI=1S/C25H21F3N6O5/c1-4-32(38)21(35)18-10-14(12-29)8-9-17(18)20-19(22(36)39-3)13(2)33(23-30-31-24(37)34(20)23)16-7-5-6-15(11-16)25(26,27)28/h5-11,20,38H,4H2,1-3H3,(H,31,37). The third-order valence-electron chi connectivity index (χ3n) is 6.22. The van der Waals surface area contributed by atoms with Gasteiger partial charge in [-0.15, -0.1) is 5.10 Å². The first-order chi connectivity index (χ1) is 18.4. The highest BCUT2D eigenvalue weighted by Crippen LogP contribution is 2.43. The number of halogens is 3. The number of nitrogens with zero attached hydrogens (tertiary/aromatic N) is 5. The number of carbonyl (C=O) groups excluding carboxylic acids is 2. The van der Waals surface area contributed by atoms with Gasteiger partial charge in [-0.2, -0.15) is 18.4 Å². The van der Waals surface area contributed by atoms with E-state index in [0.29, 0.717) is 5.06 Å². The first-order valence-corrected chi connectivity index (χ1v) is 11.4. The van der Waals surface area contributed by atoms with Gasteiger partial charge in [0.2, 0.25) is 5.95 Å². The molecule has 11 nitrogen and oxygen atoms in total. The van der Waals surface area contributed by atoms with E-state index in [2.05, 4.69) is 10.2 Å². The molecule has 1 aromatic heterocycles. The molecule has 1 unspecified atom stereocenters. The number of allylic oxidation sites excluding steroid dienone is 1. The lowest BCUT2D eigenvalue weighted by atomic mass is 9.89. The van der Waals surface area contributed by atoms with Crippen LogP contribution in [0, 0.1) is 11.3 Å². The summed E-state index contributed by atoms with van der Waals surface area (Å²) >= 11 is 0. The number of ether oxygens (including phenoxy) is 1. The van der Waals surface area contributed by atoms with Crippen molar-refractivity contribution in [1.82, 2.24) is 19.8 Å². The molecule has 1 atom stereocenters. The Bertz CT molecular complexity index is 1600. The monoisotopic (exact) mass is 542 g/mol. The van der Waals surface area contributed by atoms with Crippen LogP contribution in [0.3, 0.4) is 0 Å². The van der Waals surface area contributed by atoms with Crippen molar-refractivity contribution in [2.24, 2.45) is 0 Å². The molecule has 1 aliphatic rings. The van der Waals surface area contributed by atoms with Crippen LogP contribution in [0.5, 0.6) is 0 Å². The van der Waals surface area contributed by atoms with E-state index >= 15 is 0 Å². The molecule has 1 aliphatic heterocycles. The number of amides is 1. The van der Waals surface area contributed by atoms with Gasteiger partial charge in [0.05, 0.1) is 29.9 Å². The first-order valence-electron chi connectivity index (χ1n) is 11.4. The van der Waals surface area contributed by atoms with Crippen LogP contribution in [0.4, 0.5) is 24.8 Å². The molecule has 3 aromatic rings. The minimum absolute atomic E-state index is 0.0414. The number of alkyl halides is 3. The number of aromatic nitrogens is 3. The van der Waals surface area contributed by atoms with Gasteiger partial charge in [0, 0.05) is 23.5 Å². The predicted molar refractivity (Wildman–Crippen MR) is 129 cm³/mol. The van der Waals surface area contributed by atoms with Gasteiger partial charge in [-0.05, 0) is 49.7 Å².